The summed E-state index contributed by atoms with van der Waals surface area (Å²) in [5.74, 6) is 0.580. The van der Waals surface area contributed by atoms with Gasteiger partial charge in [-0.1, -0.05) is 26.2 Å². The Bertz CT molecular complexity index is 265. The molecule has 0 spiro atoms. The third-order valence-corrected chi connectivity index (χ3v) is 4.12. The van der Waals surface area contributed by atoms with Gasteiger partial charge in [0.15, 0.2) is 0 Å². The van der Waals surface area contributed by atoms with Gasteiger partial charge in [0, 0.05) is 6.54 Å². The second-order valence-electron chi connectivity index (χ2n) is 5.62. The average Bonchev–Trinajstić information content (AvgIpc) is 2.82. The molecule has 0 aromatic rings. The van der Waals surface area contributed by atoms with Crippen LogP contribution in [0.1, 0.15) is 45.4 Å². The van der Waals surface area contributed by atoms with Gasteiger partial charge in [-0.2, -0.15) is 0 Å². The zero-order valence-electron chi connectivity index (χ0n) is 11.4. The molecule has 1 aliphatic heterocycles. The first kappa shape index (κ1) is 13.8. The van der Waals surface area contributed by atoms with Gasteiger partial charge in [-0.15, -0.1) is 0 Å². The fourth-order valence-corrected chi connectivity index (χ4v) is 2.93. The van der Waals surface area contributed by atoms with Gasteiger partial charge in [0.25, 0.3) is 0 Å². The van der Waals surface area contributed by atoms with Crippen molar-refractivity contribution in [3.05, 3.63) is 0 Å². The number of carbonyl (C=O) groups excluding carboxylic acids is 1. The summed E-state index contributed by atoms with van der Waals surface area (Å²) in [5, 5.41) is 6.21. The van der Waals surface area contributed by atoms with Crippen molar-refractivity contribution in [3.63, 3.8) is 0 Å². The number of hydrogen-bond acceptors (Lipinski definition) is 3. The lowest BCUT2D eigenvalue weighted by molar-refractivity contribution is -0.123. The van der Waals surface area contributed by atoms with Gasteiger partial charge in [-0.3, -0.25) is 4.79 Å². The number of ether oxygens (including phenoxy) is 1. The highest BCUT2D eigenvalue weighted by Gasteiger charge is 2.28. The van der Waals surface area contributed by atoms with Crippen molar-refractivity contribution in [1.82, 2.24) is 10.6 Å². The Labute approximate surface area is 110 Å². The maximum atomic E-state index is 11.9. The first-order valence-electron chi connectivity index (χ1n) is 7.40. The van der Waals surface area contributed by atoms with E-state index >= 15 is 0 Å². The van der Waals surface area contributed by atoms with Gasteiger partial charge in [0.2, 0.25) is 5.91 Å². The van der Waals surface area contributed by atoms with E-state index in [1.54, 1.807) is 0 Å². The van der Waals surface area contributed by atoms with Gasteiger partial charge >= 0.3 is 0 Å². The second-order valence-corrected chi connectivity index (χ2v) is 5.62. The first-order valence-corrected chi connectivity index (χ1v) is 7.40. The summed E-state index contributed by atoms with van der Waals surface area (Å²) in [7, 11) is 0. The Morgan fingerprint density at radius 2 is 2.06 bits per heavy atom. The van der Waals surface area contributed by atoms with E-state index in [-0.39, 0.29) is 11.9 Å². The van der Waals surface area contributed by atoms with E-state index in [4.69, 9.17) is 4.74 Å². The van der Waals surface area contributed by atoms with Crippen LogP contribution in [0.25, 0.3) is 0 Å². The summed E-state index contributed by atoms with van der Waals surface area (Å²) in [5.41, 5.74) is 0. The van der Waals surface area contributed by atoms with Crippen LogP contribution in [0.5, 0.6) is 0 Å². The molecule has 0 radical (unpaired) electrons. The lowest BCUT2D eigenvalue weighted by Crippen LogP contribution is -2.44. The summed E-state index contributed by atoms with van der Waals surface area (Å²) in [6, 6.07) is -0.000296. The van der Waals surface area contributed by atoms with E-state index in [0.717, 1.165) is 13.0 Å². The van der Waals surface area contributed by atoms with Crippen molar-refractivity contribution in [1.29, 1.82) is 0 Å². The van der Waals surface area contributed by atoms with Gasteiger partial charge < -0.3 is 15.4 Å². The molecule has 1 amide bonds. The maximum Gasteiger partial charge on any atom is 0.237 e. The monoisotopic (exact) mass is 254 g/mol. The summed E-state index contributed by atoms with van der Waals surface area (Å²) in [6.45, 7) is 4.37. The average molecular weight is 254 g/mol. The van der Waals surface area contributed by atoms with Crippen LogP contribution in [-0.2, 0) is 9.53 Å². The van der Waals surface area contributed by atoms with Crippen LogP contribution in [0, 0.1) is 5.92 Å². The Morgan fingerprint density at radius 3 is 2.72 bits per heavy atom. The van der Waals surface area contributed by atoms with Crippen LogP contribution >= 0.6 is 0 Å². The van der Waals surface area contributed by atoms with E-state index in [9.17, 15) is 4.79 Å². The molecule has 2 aliphatic rings. The van der Waals surface area contributed by atoms with Crippen molar-refractivity contribution in [3.8, 4) is 0 Å². The quantitative estimate of drug-likeness (QED) is 0.730. The van der Waals surface area contributed by atoms with Crippen LogP contribution in [0.15, 0.2) is 0 Å². The molecule has 104 valence electrons. The number of amides is 1. The predicted octanol–water partition coefficient (Wildman–Crippen LogP) is 1.45. The lowest BCUT2D eigenvalue weighted by Gasteiger charge is -2.22. The highest BCUT2D eigenvalue weighted by atomic mass is 16.5. The zero-order chi connectivity index (χ0) is 12.8. The maximum absolute atomic E-state index is 11.9. The largest absolute Gasteiger partial charge is 0.376 e. The molecular formula is C14H26N2O2. The first-order chi connectivity index (χ1) is 8.77. The summed E-state index contributed by atoms with van der Waals surface area (Å²) < 4.78 is 5.79. The van der Waals surface area contributed by atoms with Crippen molar-refractivity contribution in [2.45, 2.75) is 57.6 Å². The molecule has 4 nitrogen and oxygen atoms in total. The van der Waals surface area contributed by atoms with E-state index in [1.165, 1.54) is 32.1 Å². The van der Waals surface area contributed by atoms with E-state index in [0.29, 0.717) is 25.2 Å². The molecule has 1 aliphatic carbocycles. The smallest absolute Gasteiger partial charge is 0.237 e. The molecule has 2 N–H and O–H groups in total. The molecule has 0 bridgehead atoms. The molecule has 2 atom stereocenters. The molecule has 4 heteroatoms. The lowest BCUT2D eigenvalue weighted by atomic mass is 9.98. The van der Waals surface area contributed by atoms with Crippen molar-refractivity contribution < 1.29 is 9.53 Å². The fraction of sp³-hybridized carbons (Fsp3) is 0.929. The highest BCUT2D eigenvalue weighted by molar-refractivity contribution is 5.82. The number of carbonyl (C=O) groups is 1. The Kier molecular flexibility index (Phi) is 5.45. The SMILES string of the molecule is CC1CCNC1C(=O)NCCOC1CCCCC1. The molecule has 0 aromatic heterocycles. The van der Waals surface area contributed by atoms with E-state index in [1.807, 2.05) is 0 Å². The normalized spacial score (nSPS) is 29.4. The minimum absolute atomic E-state index is 0.000296. The standard InChI is InChI=1S/C14H26N2O2/c1-11-7-8-15-13(11)14(17)16-9-10-18-12-5-3-2-4-6-12/h11-13,15H,2-10H2,1H3,(H,16,17). The molecule has 2 fully saturated rings. The van der Waals surface area contributed by atoms with Crippen LogP contribution in [0.4, 0.5) is 0 Å². The van der Waals surface area contributed by atoms with E-state index < -0.39 is 0 Å². The topological polar surface area (TPSA) is 50.4 Å². The van der Waals surface area contributed by atoms with Crippen molar-refractivity contribution in [2.75, 3.05) is 19.7 Å². The van der Waals surface area contributed by atoms with Gasteiger partial charge in [0.1, 0.15) is 0 Å². The molecule has 2 unspecified atom stereocenters. The van der Waals surface area contributed by atoms with Crippen molar-refractivity contribution in [2.24, 2.45) is 5.92 Å². The highest BCUT2D eigenvalue weighted by Crippen LogP contribution is 2.19. The predicted molar refractivity (Wildman–Crippen MR) is 71.4 cm³/mol. The molecular weight excluding hydrogens is 228 g/mol. The molecule has 1 saturated heterocycles. The number of hydrogen-bond donors (Lipinski definition) is 2. The third-order valence-electron chi connectivity index (χ3n) is 4.12. The van der Waals surface area contributed by atoms with E-state index in [2.05, 4.69) is 17.6 Å². The molecule has 1 heterocycles. The van der Waals surface area contributed by atoms with Crippen LogP contribution in [0.2, 0.25) is 0 Å². The minimum Gasteiger partial charge on any atom is -0.376 e. The van der Waals surface area contributed by atoms with Gasteiger partial charge in [0.05, 0.1) is 18.8 Å². The van der Waals surface area contributed by atoms with Crippen LogP contribution < -0.4 is 10.6 Å². The van der Waals surface area contributed by atoms with Crippen LogP contribution in [0.3, 0.4) is 0 Å². The second kappa shape index (κ2) is 7.10. The Morgan fingerprint density at radius 1 is 1.28 bits per heavy atom. The van der Waals surface area contributed by atoms with Crippen LogP contribution in [-0.4, -0.2) is 37.7 Å². The van der Waals surface area contributed by atoms with Gasteiger partial charge in [-0.25, -0.2) is 0 Å². The molecule has 2 rings (SSSR count). The zero-order valence-corrected chi connectivity index (χ0v) is 11.4. The summed E-state index contributed by atoms with van der Waals surface area (Å²) in [6.07, 6.45) is 7.84. The number of nitrogens with one attached hydrogen (secondary N) is 2. The molecule has 1 saturated carbocycles. The Balaban J connectivity index is 1.56. The summed E-state index contributed by atoms with van der Waals surface area (Å²) in [4.78, 5) is 11.9. The molecule has 0 aromatic carbocycles. The van der Waals surface area contributed by atoms with Gasteiger partial charge in [-0.05, 0) is 31.7 Å². The summed E-state index contributed by atoms with van der Waals surface area (Å²) >= 11 is 0. The minimum atomic E-state index is -0.000296. The Hall–Kier alpha value is -0.610. The molecule has 18 heavy (non-hydrogen) atoms. The van der Waals surface area contributed by atoms with Crippen molar-refractivity contribution >= 4 is 5.91 Å². The number of rotatable bonds is 5. The fourth-order valence-electron chi connectivity index (χ4n) is 2.93. The third kappa shape index (κ3) is 3.95.